The van der Waals surface area contributed by atoms with E-state index in [1.165, 1.54) is 24.0 Å². The second-order valence-corrected chi connectivity index (χ2v) is 5.03. The van der Waals surface area contributed by atoms with E-state index in [2.05, 4.69) is 24.1 Å². The van der Waals surface area contributed by atoms with Gasteiger partial charge in [0.15, 0.2) is 5.96 Å². The largest absolute Gasteiger partial charge is 0.370 e. The summed E-state index contributed by atoms with van der Waals surface area (Å²) in [6.45, 7) is 2.16. The third kappa shape index (κ3) is 3.82. The Hall–Kier alpha value is -2.36. The molecule has 1 aliphatic rings. The van der Waals surface area contributed by atoms with Crippen molar-refractivity contribution in [2.24, 2.45) is 16.5 Å². The summed E-state index contributed by atoms with van der Waals surface area (Å²) in [5.74, 6) is -0.637. The lowest BCUT2D eigenvalue weighted by Gasteiger charge is -2.11. The average molecular weight is 269 g/mol. The first kappa shape index (κ1) is 14.1. The minimum Gasteiger partial charge on any atom is -0.370 e. The van der Waals surface area contributed by atoms with Crippen molar-refractivity contribution < 1.29 is 4.79 Å². The number of hydrogen-bond acceptors (Lipinski definition) is 1. The number of hydrogen-bond donors (Lipinski definition) is 2. The van der Waals surface area contributed by atoms with Crippen molar-refractivity contribution in [3.63, 3.8) is 0 Å². The Kier molecular flexibility index (Phi) is 4.35. The van der Waals surface area contributed by atoms with Crippen LogP contribution in [0.5, 0.6) is 0 Å². The number of aliphatic imine (C=N–C) groups is 1. The molecule has 104 valence electrons. The summed E-state index contributed by atoms with van der Waals surface area (Å²) in [5.41, 5.74) is 14.7. The number of carbonyl (C=O) groups excluding carboxylic acids is 1. The molecule has 1 amide bonds. The van der Waals surface area contributed by atoms with E-state index in [-0.39, 0.29) is 5.96 Å². The zero-order valence-electron chi connectivity index (χ0n) is 11.6. The smallest absolute Gasteiger partial charge is 0.280 e. The number of guanidine groups is 1. The fourth-order valence-electron chi connectivity index (χ4n) is 2.26. The first-order valence-corrected chi connectivity index (χ1v) is 6.66. The molecule has 0 spiro atoms. The van der Waals surface area contributed by atoms with E-state index in [1.807, 2.05) is 12.1 Å². The van der Waals surface area contributed by atoms with Gasteiger partial charge in [0.1, 0.15) is 0 Å². The van der Waals surface area contributed by atoms with Crippen molar-refractivity contribution >= 4 is 17.9 Å². The van der Waals surface area contributed by atoms with E-state index in [4.69, 9.17) is 11.5 Å². The van der Waals surface area contributed by atoms with Crippen molar-refractivity contribution in [3.05, 3.63) is 52.6 Å². The van der Waals surface area contributed by atoms with E-state index >= 15 is 0 Å². The molecule has 0 fully saturated rings. The molecule has 0 atom stereocenters. The van der Waals surface area contributed by atoms with Gasteiger partial charge in [0.2, 0.25) is 0 Å². The topological polar surface area (TPSA) is 81.5 Å². The van der Waals surface area contributed by atoms with Crippen LogP contribution in [0.25, 0.3) is 6.08 Å². The normalized spacial score (nSPS) is 16.6. The van der Waals surface area contributed by atoms with Gasteiger partial charge in [-0.05, 0) is 49.5 Å². The second kappa shape index (κ2) is 6.19. The molecule has 1 aromatic carbocycles. The van der Waals surface area contributed by atoms with Gasteiger partial charge in [-0.1, -0.05) is 29.9 Å². The summed E-state index contributed by atoms with van der Waals surface area (Å²) >= 11 is 0. The molecule has 4 N–H and O–H groups in total. The van der Waals surface area contributed by atoms with Crippen LogP contribution in [0.1, 0.15) is 42.1 Å². The first-order valence-electron chi connectivity index (χ1n) is 6.66. The highest BCUT2D eigenvalue weighted by Gasteiger charge is 2.06. The van der Waals surface area contributed by atoms with Gasteiger partial charge in [-0.2, -0.15) is 4.99 Å². The number of rotatable bonds is 2. The summed E-state index contributed by atoms with van der Waals surface area (Å²) in [5, 5.41) is 0. The van der Waals surface area contributed by atoms with Crippen molar-refractivity contribution in [3.8, 4) is 0 Å². The first-order chi connectivity index (χ1) is 9.54. The lowest BCUT2D eigenvalue weighted by Crippen LogP contribution is -2.24. The van der Waals surface area contributed by atoms with Gasteiger partial charge in [-0.15, -0.1) is 0 Å². The van der Waals surface area contributed by atoms with Gasteiger partial charge < -0.3 is 11.5 Å². The van der Waals surface area contributed by atoms with Crippen LogP contribution in [0.3, 0.4) is 0 Å². The Morgan fingerprint density at radius 1 is 1.20 bits per heavy atom. The zero-order chi connectivity index (χ0) is 14.5. The number of nitrogens with two attached hydrogens (primary N) is 2. The van der Waals surface area contributed by atoms with Crippen LogP contribution in [0, 0.1) is 0 Å². The number of benzene rings is 1. The fraction of sp³-hybridized carbons (Fsp3) is 0.250. The lowest BCUT2D eigenvalue weighted by atomic mass is 9.94. The summed E-state index contributed by atoms with van der Waals surface area (Å²) in [6, 6.07) is 7.28. The van der Waals surface area contributed by atoms with Crippen molar-refractivity contribution in [2.75, 3.05) is 0 Å². The second-order valence-electron chi connectivity index (χ2n) is 5.03. The maximum absolute atomic E-state index is 11.6. The van der Waals surface area contributed by atoms with E-state index in [1.54, 1.807) is 12.1 Å². The Bertz CT molecular complexity index is 591. The maximum Gasteiger partial charge on any atom is 0.280 e. The molecule has 0 saturated carbocycles. The molecule has 4 nitrogen and oxygen atoms in total. The summed E-state index contributed by atoms with van der Waals surface area (Å²) in [7, 11) is 0. The average Bonchev–Trinajstić information content (AvgIpc) is 2.38. The van der Waals surface area contributed by atoms with Crippen LogP contribution < -0.4 is 11.5 Å². The molecule has 4 heteroatoms. The fourth-order valence-corrected chi connectivity index (χ4v) is 2.26. The van der Waals surface area contributed by atoms with Gasteiger partial charge in [-0.25, -0.2) is 0 Å². The molecule has 0 radical (unpaired) electrons. The van der Waals surface area contributed by atoms with Gasteiger partial charge in [0.25, 0.3) is 5.91 Å². The minimum atomic E-state index is -0.419. The standard InChI is InChI=1S/C16H19N3O/c1-11-3-2-4-13(9-11)10-12-5-7-14(8-6-12)15(20)19-16(17)18/h5-10H,2-4H2,1H3,(H4,17,18,19,20)/b13-10-. The minimum absolute atomic E-state index is 0.219. The third-order valence-corrected chi connectivity index (χ3v) is 3.21. The molecule has 0 bridgehead atoms. The molecule has 1 aliphatic carbocycles. The maximum atomic E-state index is 11.6. The molecule has 2 rings (SSSR count). The van der Waals surface area contributed by atoms with Crippen LogP contribution in [0.15, 0.2) is 46.5 Å². The molecule has 20 heavy (non-hydrogen) atoms. The molecule has 0 aliphatic heterocycles. The summed E-state index contributed by atoms with van der Waals surface area (Å²) in [4.78, 5) is 15.1. The zero-order valence-corrected chi connectivity index (χ0v) is 11.6. The Morgan fingerprint density at radius 3 is 2.50 bits per heavy atom. The molecule has 0 unspecified atom stereocenters. The van der Waals surface area contributed by atoms with Gasteiger partial charge in [0.05, 0.1) is 0 Å². The lowest BCUT2D eigenvalue weighted by molar-refractivity contribution is 0.100. The molecule has 0 saturated heterocycles. The van der Waals surface area contributed by atoms with E-state index in [0.29, 0.717) is 5.56 Å². The number of amides is 1. The monoisotopic (exact) mass is 269 g/mol. The predicted octanol–water partition coefficient (Wildman–Crippen LogP) is 2.61. The van der Waals surface area contributed by atoms with Gasteiger partial charge in [0, 0.05) is 5.56 Å². The van der Waals surface area contributed by atoms with E-state index in [0.717, 1.165) is 12.0 Å². The number of nitrogens with zero attached hydrogens (tertiary/aromatic N) is 1. The van der Waals surface area contributed by atoms with Crippen molar-refractivity contribution in [1.82, 2.24) is 0 Å². The number of carbonyl (C=O) groups is 1. The Balaban J connectivity index is 2.17. The van der Waals surface area contributed by atoms with Gasteiger partial charge >= 0.3 is 0 Å². The van der Waals surface area contributed by atoms with Crippen molar-refractivity contribution in [2.45, 2.75) is 26.2 Å². The molecule has 0 heterocycles. The van der Waals surface area contributed by atoms with Crippen LogP contribution >= 0.6 is 0 Å². The SMILES string of the molecule is CC1=C/C(=C\c2ccc(C(=O)N=C(N)N)cc2)CCC1. The third-order valence-electron chi connectivity index (χ3n) is 3.21. The summed E-state index contributed by atoms with van der Waals surface area (Å²) < 4.78 is 0. The van der Waals surface area contributed by atoms with E-state index < -0.39 is 5.91 Å². The number of allylic oxidation sites excluding steroid dienone is 3. The van der Waals surface area contributed by atoms with Crippen molar-refractivity contribution in [1.29, 1.82) is 0 Å². The van der Waals surface area contributed by atoms with Crippen LogP contribution in [-0.4, -0.2) is 11.9 Å². The molecule has 1 aromatic rings. The molecule has 0 aromatic heterocycles. The Morgan fingerprint density at radius 2 is 1.90 bits per heavy atom. The highest BCUT2D eigenvalue weighted by atomic mass is 16.1. The van der Waals surface area contributed by atoms with Crippen LogP contribution in [-0.2, 0) is 0 Å². The predicted molar refractivity (Wildman–Crippen MR) is 82.2 cm³/mol. The highest BCUT2D eigenvalue weighted by molar-refractivity contribution is 6.01. The Labute approximate surface area is 118 Å². The van der Waals surface area contributed by atoms with Crippen LogP contribution in [0.2, 0.25) is 0 Å². The summed E-state index contributed by atoms with van der Waals surface area (Å²) in [6.07, 6.45) is 7.88. The quantitative estimate of drug-likeness (QED) is 0.639. The van der Waals surface area contributed by atoms with Gasteiger partial charge in [-0.3, -0.25) is 4.79 Å². The van der Waals surface area contributed by atoms with E-state index in [9.17, 15) is 4.79 Å². The molecular weight excluding hydrogens is 250 g/mol. The van der Waals surface area contributed by atoms with Crippen LogP contribution in [0.4, 0.5) is 0 Å². The highest BCUT2D eigenvalue weighted by Crippen LogP contribution is 2.23. The molecular formula is C16H19N3O.